The highest BCUT2D eigenvalue weighted by atomic mass is 16.1. The predicted octanol–water partition coefficient (Wildman–Crippen LogP) is 1.77. The number of rotatable bonds is 4. The number of nitriles is 1. The van der Waals surface area contributed by atoms with Crippen molar-refractivity contribution in [3.63, 3.8) is 0 Å². The van der Waals surface area contributed by atoms with Crippen molar-refractivity contribution in [3.8, 4) is 6.07 Å². The summed E-state index contributed by atoms with van der Waals surface area (Å²) in [6, 6.07) is 9.73. The highest BCUT2D eigenvalue weighted by Crippen LogP contribution is 2.31. The average molecular weight is 269 g/mol. The van der Waals surface area contributed by atoms with Crippen LogP contribution < -0.4 is 5.32 Å². The van der Waals surface area contributed by atoms with Gasteiger partial charge in [0.1, 0.15) is 0 Å². The van der Waals surface area contributed by atoms with Gasteiger partial charge < -0.3 is 10.2 Å². The van der Waals surface area contributed by atoms with Crippen LogP contribution in [-0.4, -0.2) is 36.5 Å². The Kier molecular flexibility index (Phi) is 3.70. The molecule has 4 heteroatoms. The van der Waals surface area contributed by atoms with E-state index in [0.717, 1.165) is 19.1 Å². The van der Waals surface area contributed by atoms with Gasteiger partial charge in [-0.25, -0.2) is 0 Å². The number of likely N-dealkylation sites (tertiary alicyclic amines) is 1. The monoisotopic (exact) mass is 269 g/mol. The number of nitrogens with one attached hydrogen (secondary N) is 1. The molecule has 2 fully saturated rings. The largest absolute Gasteiger partial charge is 0.352 e. The maximum atomic E-state index is 12.1. The van der Waals surface area contributed by atoms with E-state index >= 15 is 0 Å². The van der Waals surface area contributed by atoms with E-state index in [1.807, 2.05) is 0 Å². The standard InChI is InChI=1S/C16H19N3O/c17-9-12-2-1-3-14(8-12)16(20)18-10-13-6-7-19(11-13)15-4-5-15/h1-3,8,13,15H,4-7,10-11H2,(H,18,20). The number of amides is 1. The predicted molar refractivity (Wildman–Crippen MR) is 76.2 cm³/mol. The highest BCUT2D eigenvalue weighted by Gasteiger charge is 2.34. The normalized spacial score (nSPS) is 22.4. The summed E-state index contributed by atoms with van der Waals surface area (Å²) < 4.78 is 0. The van der Waals surface area contributed by atoms with Crippen LogP contribution >= 0.6 is 0 Å². The molecule has 0 aromatic heterocycles. The third-order valence-electron chi connectivity index (χ3n) is 4.19. The van der Waals surface area contributed by atoms with E-state index in [2.05, 4.69) is 16.3 Å². The first-order valence-electron chi connectivity index (χ1n) is 7.28. The lowest BCUT2D eigenvalue weighted by molar-refractivity contribution is 0.0947. The van der Waals surface area contributed by atoms with Crippen LogP contribution in [0, 0.1) is 17.2 Å². The minimum atomic E-state index is -0.0769. The molecule has 1 aliphatic carbocycles. The molecule has 1 atom stereocenters. The SMILES string of the molecule is N#Cc1cccc(C(=O)NCC2CCN(C3CC3)C2)c1. The highest BCUT2D eigenvalue weighted by molar-refractivity contribution is 5.94. The summed E-state index contributed by atoms with van der Waals surface area (Å²) in [5.41, 5.74) is 1.10. The summed E-state index contributed by atoms with van der Waals surface area (Å²) in [4.78, 5) is 14.6. The van der Waals surface area contributed by atoms with Crippen LogP contribution in [0.2, 0.25) is 0 Å². The molecule has 20 heavy (non-hydrogen) atoms. The molecule has 2 aliphatic rings. The Morgan fingerprint density at radius 3 is 3.00 bits per heavy atom. The third-order valence-corrected chi connectivity index (χ3v) is 4.19. The Labute approximate surface area is 119 Å². The van der Waals surface area contributed by atoms with Crippen molar-refractivity contribution in [1.82, 2.24) is 10.2 Å². The van der Waals surface area contributed by atoms with Crippen LogP contribution in [0.3, 0.4) is 0 Å². The number of carbonyl (C=O) groups is 1. The van der Waals surface area contributed by atoms with E-state index in [4.69, 9.17) is 5.26 Å². The molecule has 3 rings (SSSR count). The van der Waals surface area contributed by atoms with Gasteiger partial charge in [0.2, 0.25) is 0 Å². The van der Waals surface area contributed by atoms with Gasteiger partial charge in [-0.3, -0.25) is 4.79 Å². The third kappa shape index (κ3) is 3.00. The van der Waals surface area contributed by atoms with E-state index in [-0.39, 0.29) is 5.91 Å². The van der Waals surface area contributed by atoms with E-state index in [9.17, 15) is 4.79 Å². The molecule has 1 aliphatic heterocycles. The molecule has 0 bridgehead atoms. The lowest BCUT2D eigenvalue weighted by atomic mass is 10.1. The Balaban J connectivity index is 1.50. The zero-order valence-electron chi connectivity index (χ0n) is 11.5. The Morgan fingerprint density at radius 2 is 2.25 bits per heavy atom. The average Bonchev–Trinajstić information content (AvgIpc) is 3.24. The molecule has 1 saturated heterocycles. The van der Waals surface area contributed by atoms with E-state index < -0.39 is 0 Å². The minimum absolute atomic E-state index is 0.0769. The van der Waals surface area contributed by atoms with Crippen LogP contribution in [-0.2, 0) is 0 Å². The summed E-state index contributed by atoms with van der Waals surface area (Å²) in [5.74, 6) is 0.491. The summed E-state index contributed by atoms with van der Waals surface area (Å²) in [6.07, 6.45) is 3.87. The molecule has 1 unspecified atom stereocenters. The second-order valence-corrected chi connectivity index (χ2v) is 5.78. The number of nitrogens with zero attached hydrogens (tertiary/aromatic N) is 2. The summed E-state index contributed by atoms with van der Waals surface area (Å²) in [7, 11) is 0. The molecule has 0 radical (unpaired) electrons. The van der Waals surface area contributed by atoms with E-state index in [0.29, 0.717) is 17.0 Å². The Morgan fingerprint density at radius 1 is 1.40 bits per heavy atom. The van der Waals surface area contributed by atoms with Crippen molar-refractivity contribution >= 4 is 5.91 Å². The zero-order valence-corrected chi connectivity index (χ0v) is 11.5. The van der Waals surface area contributed by atoms with Gasteiger partial charge >= 0.3 is 0 Å². The fourth-order valence-corrected chi connectivity index (χ4v) is 2.87. The van der Waals surface area contributed by atoms with Crippen molar-refractivity contribution in [2.45, 2.75) is 25.3 Å². The van der Waals surface area contributed by atoms with Gasteiger partial charge in [0.05, 0.1) is 11.6 Å². The van der Waals surface area contributed by atoms with Gasteiger partial charge in [-0.1, -0.05) is 6.07 Å². The summed E-state index contributed by atoms with van der Waals surface area (Å²) in [5, 5.41) is 11.8. The van der Waals surface area contributed by atoms with Crippen molar-refractivity contribution in [3.05, 3.63) is 35.4 Å². The van der Waals surface area contributed by atoms with Crippen molar-refractivity contribution in [2.24, 2.45) is 5.92 Å². The minimum Gasteiger partial charge on any atom is -0.352 e. The lowest BCUT2D eigenvalue weighted by Crippen LogP contribution is -2.31. The smallest absolute Gasteiger partial charge is 0.251 e. The van der Waals surface area contributed by atoms with Gasteiger partial charge in [-0.15, -0.1) is 0 Å². The summed E-state index contributed by atoms with van der Waals surface area (Å²) in [6.45, 7) is 3.02. The van der Waals surface area contributed by atoms with Crippen molar-refractivity contribution in [1.29, 1.82) is 5.26 Å². The quantitative estimate of drug-likeness (QED) is 0.906. The van der Waals surface area contributed by atoms with Crippen LogP contribution in [0.25, 0.3) is 0 Å². The second-order valence-electron chi connectivity index (χ2n) is 5.78. The molecular weight excluding hydrogens is 250 g/mol. The molecule has 104 valence electrons. The maximum Gasteiger partial charge on any atom is 0.251 e. The van der Waals surface area contributed by atoms with Gasteiger partial charge in [0.15, 0.2) is 0 Å². The Bertz CT molecular complexity index is 545. The number of hydrogen-bond acceptors (Lipinski definition) is 3. The molecule has 1 amide bonds. The number of benzene rings is 1. The summed E-state index contributed by atoms with van der Waals surface area (Å²) >= 11 is 0. The molecule has 1 aromatic carbocycles. The number of hydrogen-bond donors (Lipinski definition) is 1. The van der Waals surface area contributed by atoms with Gasteiger partial charge in [0, 0.05) is 24.7 Å². The van der Waals surface area contributed by atoms with E-state index in [1.165, 1.54) is 25.8 Å². The molecular formula is C16H19N3O. The first kappa shape index (κ1) is 13.1. The van der Waals surface area contributed by atoms with Crippen molar-refractivity contribution in [2.75, 3.05) is 19.6 Å². The first-order chi connectivity index (χ1) is 9.76. The van der Waals surface area contributed by atoms with Gasteiger partial charge in [-0.05, 0) is 49.9 Å². The van der Waals surface area contributed by atoms with Crippen LogP contribution in [0.1, 0.15) is 35.2 Å². The van der Waals surface area contributed by atoms with Crippen LogP contribution in [0.5, 0.6) is 0 Å². The fraction of sp³-hybridized carbons (Fsp3) is 0.500. The molecule has 0 spiro atoms. The Hall–Kier alpha value is -1.86. The zero-order chi connectivity index (χ0) is 13.9. The van der Waals surface area contributed by atoms with Crippen LogP contribution in [0.4, 0.5) is 0 Å². The molecule has 1 heterocycles. The molecule has 1 saturated carbocycles. The first-order valence-corrected chi connectivity index (χ1v) is 7.28. The number of carbonyl (C=O) groups excluding carboxylic acids is 1. The van der Waals surface area contributed by atoms with Gasteiger partial charge in [0.25, 0.3) is 5.91 Å². The molecule has 4 nitrogen and oxygen atoms in total. The van der Waals surface area contributed by atoms with Gasteiger partial charge in [-0.2, -0.15) is 5.26 Å². The topological polar surface area (TPSA) is 56.1 Å². The fourth-order valence-electron chi connectivity index (χ4n) is 2.87. The second kappa shape index (κ2) is 5.64. The maximum absolute atomic E-state index is 12.1. The molecule has 1 N–H and O–H groups in total. The van der Waals surface area contributed by atoms with Crippen LogP contribution in [0.15, 0.2) is 24.3 Å². The van der Waals surface area contributed by atoms with Crippen molar-refractivity contribution < 1.29 is 4.79 Å². The van der Waals surface area contributed by atoms with E-state index in [1.54, 1.807) is 24.3 Å². The molecule has 1 aromatic rings. The lowest BCUT2D eigenvalue weighted by Gasteiger charge is -2.15.